The second kappa shape index (κ2) is 6.15. The fourth-order valence-corrected chi connectivity index (χ4v) is 2.59. The molecule has 2 amide bonds. The highest BCUT2D eigenvalue weighted by Gasteiger charge is 2.16. The van der Waals surface area contributed by atoms with Gasteiger partial charge in [0, 0.05) is 11.7 Å². The highest BCUT2D eigenvalue weighted by Crippen LogP contribution is 2.26. The maximum absolute atomic E-state index is 11.9. The van der Waals surface area contributed by atoms with Crippen LogP contribution in [0, 0.1) is 6.92 Å². The van der Waals surface area contributed by atoms with Gasteiger partial charge in [-0.15, -0.1) is 0 Å². The first-order chi connectivity index (χ1) is 9.06. The van der Waals surface area contributed by atoms with Crippen molar-refractivity contribution < 1.29 is 4.79 Å². The molecule has 0 heterocycles. The maximum atomic E-state index is 11.9. The summed E-state index contributed by atoms with van der Waals surface area (Å²) in [6.07, 6.45) is 5.78. The number of aryl methyl sites for hydroxylation is 1. The van der Waals surface area contributed by atoms with Crippen molar-refractivity contribution in [1.82, 2.24) is 5.32 Å². The largest absolute Gasteiger partial charge is 0.398 e. The van der Waals surface area contributed by atoms with Crippen molar-refractivity contribution in [2.75, 3.05) is 11.1 Å². The number of halogens is 1. The predicted octanol–water partition coefficient (Wildman–Crippen LogP) is 3.68. The molecule has 104 valence electrons. The minimum atomic E-state index is -0.171. The van der Waals surface area contributed by atoms with E-state index in [4.69, 9.17) is 17.3 Å². The molecule has 0 bridgehead atoms. The van der Waals surface area contributed by atoms with Crippen molar-refractivity contribution >= 4 is 29.0 Å². The lowest BCUT2D eigenvalue weighted by molar-refractivity contribution is 0.244. The van der Waals surface area contributed by atoms with Gasteiger partial charge >= 0.3 is 6.03 Å². The minimum Gasteiger partial charge on any atom is -0.398 e. The van der Waals surface area contributed by atoms with E-state index in [0.29, 0.717) is 22.4 Å². The zero-order valence-corrected chi connectivity index (χ0v) is 11.9. The third-order valence-electron chi connectivity index (χ3n) is 3.53. The first kappa shape index (κ1) is 14.0. The van der Waals surface area contributed by atoms with E-state index in [0.717, 1.165) is 18.4 Å². The summed E-state index contributed by atoms with van der Waals surface area (Å²) < 4.78 is 0. The molecule has 5 heteroatoms. The number of rotatable bonds is 2. The first-order valence-electron chi connectivity index (χ1n) is 6.69. The van der Waals surface area contributed by atoms with Gasteiger partial charge in [-0.3, -0.25) is 0 Å². The number of hydrogen-bond acceptors (Lipinski definition) is 2. The molecule has 1 saturated carbocycles. The average Bonchev–Trinajstić information content (AvgIpc) is 2.37. The van der Waals surface area contributed by atoms with Crippen LogP contribution in [0.4, 0.5) is 16.2 Å². The Morgan fingerprint density at radius 3 is 2.68 bits per heavy atom. The summed E-state index contributed by atoms with van der Waals surface area (Å²) in [4.78, 5) is 11.9. The van der Waals surface area contributed by atoms with E-state index in [-0.39, 0.29) is 6.03 Å². The number of nitrogens with one attached hydrogen (secondary N) is 2. The van der Waals surface area contributed by atoms with Crippen molar-refractivity contribution in [3.8, 4) is 0 Å². The lowest BCUT2D eigenvalue weighted by atomic mass is 9.96. The number of carbonyl (C=O) groups is 1. The number of anilines is 2. The van der Waals surface area contributed by atoms with Crippen molar-refractivity contribution in [3.05, 3.63) is 22.7 Å². The van der Waals surface area contributed by atoms with Gasteiger partial charge in [-0.1, -0.05) is 30.9 Å². The fraction of sp³-hybridized carbons (Fsp3) is 0.500. The zero-order valence-electron chi connectivity index (χ0n) is 11.1. The second-order valence-electron chi connectivity index (χ2n) is 5.12. The summed E-state index contributed by atoms with van der Waals surface area (Å²) in [5.74, 6) is 0. The first-order valence-corrected chi connectivity index (χ1v) is 7.07. The van der Waals surface area contributed by atoms with Gasteiger partial charge in [0.1, 0.15) is 0 Å². The molecule has 1 fully saturated rings. The lowest BCUT2D eigenvalue weighted by Crippen LogP contribution is -2.39. The van der Waals surface area contributed by atoms with Crippen molar-refractivity contribution in [1.29, 1.82) is 0 Å². The third-order valence-corrected chi connectivity index (χ3v) is 3.86. The van der Waals surface area contributed by atoms with Gasteiger partial charge in [0.05, 0.1) is 10.7 Å². The van der Waals surface area contributed by atoms with Crippen LogP contribution in [0.25, 0.3) is 0 Å². The number of benzene rings is 1. The van der Waals surface area contributed by atoms with Gasteiger partial charge in [-0.2, -0.15) is 0 Å². The van der Waals surface area contributed by atoms with Crippen LogP contribution in [0.15, 0.2) is 12.1 Å². The fourth-order valence-electron chi connectivity index (χ4n) is 2.43. The Labute approximate surface area is 118 Å². The SMILES string of the molecule is Cc1cc(N)c(Cl)cc1NC(=O)NC1CCCCC1. The topological polar surface area (TPSA) is 67.1 Å². The molecule has 1 aromatic rings. The molecule has 0 radical (unpaired) electrons. The molecule has 0 saturated heterocycles. The van der Waals surface area contributed by atoms with E-state index < -0.39 is 0 Å². The molecule has 1 aliphatic carbocycles. The van der Waals surface area contributed by atoms with Crippen molar-refractivity contribution in [2.45, 2.75) is 45.1 Å². The second-order valence-corrected chi connectivity index (χ2v) is 5.53. The minimum absolute atomic E-state index is 0.171. The maximum Gasteiger partial charge on any atom is 0.319 e. The van der Waals surface area contributed by atoms with Gasteiger partial charge in [0.2, 0.25) is 0 Å². The standard InChI is InChI=1S/C14H20ClN3O/c1-9-7-12(16)11(15)8-13(9)18-14(19)17-10-5-3-2-4-6-10/h7-8,10H,2-6,16H2,1H3,(H2,17,18,19). The molecule has 2 rings (SSSR count). The summed E-state index contributed by atoms with van der Waals surface area (Å²) in [6.45, 7) is 1.89. The molecule has 0 aliphatic heterocycles. The number of urea groups is 1. The average molecular weight is 282 g/mol. The molecule has 1 aliphatic rings. The number of carbonyl (C=O) groups excluding carboxylic acids is 1. The third kappa shape index (κ3) is 3.77. The monoisotopic (exact) mass is 281 g/mol. The number of amides is 2. The van der Waals surface area contributed by atoms with Crippen LogP contribution in [-0.4, -0.2) is 12.1 Å². The van der Waals surface area contributed by atoms with Crippen molar-refractivity contribution in [2.24, 2.45) is 0 Å². The summed E-state index contributed by atoms with van der Waals surface area (Å²) in [5.41, 5.74) is 7.84. The Balaban J connectivity index is 1.96. The van der Waals surface area contributed by atoms with Crippen LogP contribution in [0.2, 0.25) is 5.02 Å². The highest BCUT2D eigenvalue weighted by molar-refractivity contribution is 6.33. The molecule has 0 aromatic heterocycles. The van der Waals surface area contributed by atoms with Crippen LogP contribution >= 0.6 is 11.6 Å². The van der Waals surface area contributed by atoms with Gasteiger partial charge in [0.15, 0.2) is 0 Å². The molecule has 0 unspecified atom stereocenters. The van der Waals surface area contributed by atoms with Crippen LogP contribution in [-0.2, 0) is 0 Å². The lowest BCUT2D eigenvalue weighted by Gasteiger charge is -2.23. The molecule has 1 aromatic carbocycles. The smallest absolute Gasteiger partial charge is 0.319 e. The van der Waals surface area contributed by atoms with Gasteiger partial charge < -0.3 is 16.4 Å². The predicted molar refractivity (Wildman–Crippen MR) is 79.6 cm³/mol. The van der Waals surface area contributed by atoms with E-state index in [1.807, 2.05) is 6.92 Å². The summed E-state index contributed by atoms with van der Waals surface area (Å²) in [5, 5.41) is 6.30. The molecule has 4 nitrogen and oxygen atoms in total. The van der Waals surface area contributed by atoms with Crippen LogP contribution in [0.3, 0.4) is 0 Å². The van der Waals surface area contributed by atoms with E-state index in [1.165, 1.54) is 19.3 Å². The molecule has 0 spiro atoms. The number of hydrogen-bond donors (Lipinski definition) is 3. The van der Waals surface area contributed by atoms with E-state index in [9.17, 15) is 4.79 Å². The Kier molecular flexibility index (Phi) is 4.53. The quantitative estimate of drug-likeness (QED) is 0.724. The summed E-state index contributed by atoms with van der Waals surface area (Å²) >= 11 is 5.96. The Morgan fingerprint density at radius 2 is 2.00 bits per heavy atom. The van der Waals surface area contributed by atoms with Crippen LogP contribution < -0.4 is 16.4 Å². The van der Waals surface area contributed by atoms with Gasteiger partial charge in [0.25, 0.3) is 0 Å². The molecule has 4 N–H and O–H groups in total. The Hall–Kier alpha value is -1.42. The van der Waals surface area contributed by atoms with E-state index in [1.54, 1.807) is 12.1 Å². The summed E-state index contributed by atoms with van der Waals surface area (Å²) in [7, 11) is 0. The molecular formula is C14H20ClN3O. The van der Waals surface area contributed by atoms with Crippen LogP contribution in [0.1, 0.15) is 37.7 Å². The highest BCUT2D eigenvalue weighted by atomic mass is 35.5. The van der Waals surface area contributed by atoms with Gasteiger partial charge in [-0.05, 0) is 37.5 Å². The van der Waals surface area contributed by atoms with Gasteiger partial charge in [-0.25, -0.2) is 4.79 Å². The summed E-state index contributed by atoms with van der Waals surface area (Å²) in [6, 6.07) is 3.57. The molecule has 19 heavy (non-hydrogen) atoms. The molecule has 0 atom stereocenters. The van der Waals surface area contributed by atoms with Crippen molar-refractivity contribution in [3.63, 3.8) is 0 Å². The van der Waals surface area contributed by atoms with E-state index >= 15 is 0 Å². The number of nitrogen functional groups attached to an aromatic ring is 1. The van der Waals surface area contributed by atoms with E-state index in [2.05, 4.69) is 10.6 Å². The van der Waals surface area contributed by atoms with Crippen LogP contribution in [0.5, 0.6) is 0 Å². The number of nitrogens with two attached hydrogens (primary N) is 1. The molecular weight excluding hydrogens is 262 g/mol. The zero-order chi connectivity index (χ0) is 13.8. The Morgan fingerprint density at radius 1 is 1.32 bits per heavy atom. The normalized spacial score (nSPS) is 16.1. The Bertz CT molecular complexity index is 470.